The highest BCUT2D eigenvalue weighted by Crippen LogP contribution is 3.05. The quantitative estimate of drug-likeness (QED) is 0.0743. The Morgan fingerprint density at radius 3 is 0.837 bits per heavy atom. The fourth-order valence-corrected chi connectivity index (χ4v) is 29.8. The van der Waals surface area contributed by atoms with Gasteiger partial charge in [0.25, 0.3) is 0 Å². The second-order valence-electron chi connectivity index (χ2n) is 29.9. The third-order valence-electron chi connectivity index (χ3n) is 29.8. The van der Waals surface area contributed by atoms with Crippen molar-refractivity contribution >= 4 is 288 Å². The normalized spacial score (nSPS) is 28.9. The molecule has 0 radical (unpaired) electrons. The molecule has 2 fully saturated rings. The summed E-state index contributed by atoms with van der Waals surface area (Å²) in [6, 6.07) is 7.75. The van der Waals surface area contributed by atoms with Crippen molar-refractivity contribution in [1.29, 1.82) is 0 Å². The van der Waals surface area contributed by atoms with Gasteiger partial charge < -0.3 is 18.9 Å². The predicted octanol–water partition coefficient (Wildman–Crippen LogP) is 15.0. The largest absolute Gasteiger partial charge is 0.465 e. The minimum Gasteiger partial charge on any atom is -0.465 e. The number of hydrogen-bond donors (Lipinski definition) is 0. The summed E-state index contributed by atoms with van der Waals surface area (Å²) in [4.78, 5) is 70.5. The van der Waals surface area contributed by atoms with E-state index >= 15 is 19.2 Å². The highest BCUT2D eigenvalue weighted by atomic mass is 16.6. The lowest BCUT2D eigenvalue weighted by molar-refractivity contribution is -0.168. The first kappa shape index (κ1) is 35.2. The molecule has 8 heteroatoms. The monoisotopic (exact) mass is 1080 g/mol. The Balaban J connectivity index is 1.04. The Bertz CT molecular complexity index is 7890. The number of carbonyl (C=O) groups is 4. The molecule has 9 aliphatic carbocycles. The van der Waals surface area contributed by atoms with E-state index in [-0.39, 0.29) is 26.4 Å². The Morgan fingerprint density at radius 2 is 0.570 bits per heavy atom. The van der Waals surface area contributed by atoms with Crippen molar-refractivity contribution < 1.29 is 38.1 Å². The molecule has 4 bridgehead atoms. The molecule has 86 heavy (non-hydrogen) atoms. The van der Waals surface area contributed by atoms with Crippen LogP contribution in [-0.2, 0) is 73.0 Å². The summed E-state index contributed by atoms with van der Waals surface area (Å²) >= 11 is 0. The van der Waals surface area contributed by atoms with Gasteiger partial charge in [0.1, 0.15) is 13.2 Å². The van der Waals surface area contributed by atoms with Crippen molar-refractivity contribution in [3.05, 3.63) is 74.0 Å². The van der Waals surface area contributed by atoms with Crippen molar-refractivity contribution in [2.24, 2.45) is 10.8 Å². The van der Waals surface area contributed by atoms with Gasteiger partial charge in [-0.3, -0.25) is 19.2 Å². The van der Waals surface area contributed by atoms with Gasteiger partial charge in [0, 0.05) is 0 Å². The lowest BCUT2D eigenvalue weighted by Crippen LogP contribution is -2.41. The third-order valence-corrected chi connectivity index (χ3v) is 29.8. The molecule has 0 saturated heterocycles. The topological polar surface area (TPSA) is 105 Å². The van der Waals surface area contributed by atoms with Crippen LogP contribution in [0.25, 0.3) is 264 Å². The van der Waals surface area contributed by atoms with E-state index in [0.717, 1.165) is 76.8 Å². The molecule has 1 aliphatic heterocycles. The third kappa shape index (κ3) is 1.87. The molecule has 2 saturated carbocycles. The van der Waals surface area contributed by atoms with E-state index in [1.807, 2.05) is 38.1 Å². The maximum Gasteiger partial charge on any atom is 0.326 e. The average molecular weight is 1080 g/mol. The zero-order valence-corrected chi connectivity index (χ0v) is 44.4. The highest BCUT2D eigenvalue weighted by molar-refractivity contribution is 6.80. The first-order valence-corrected chi connectivity index (χ1v) is 31.2. The van der Waals surface area contributed by atoms with Crippen molar-refractivity contribution in [2.45, 2.75) is 48.7 Å². The molecule has 10 aliphatic rings. The number of fused-ring (bicyclic) bond motifs is 2. The summed E-state index contributed by atoms with van der Waals surface area (Å²) in [5.74, 6) is -2.33. The summed E-state index contributed by atoms with van der Waals surface area (Å²) in [6.45, 7) is 3.63. The number of cyclic esters (lactones) is 2. The molecule has 0 N–H and O–H groups in total. The van der Waals surface area contributed by atoms with Crippen LogP contribution in [0.2, 0.25) is 0 Å². The number of hydrogen-bond acceptors (Lipinski definition) is 8. The van der Waals surface area contributed by atoms with Crippen LogP contribution in [0.4, 0.5) is 0 Å². The molecule has 6 atom stereocenters. The standard InChI is InChI=1S/C78H18O8/c1-3-83-69(79)77-71(81)85-9-11-6-5-7-12(8-11)10-86-72(82)78(70(80)84-4-2)74-63-52-42-32-22-16-13-14-19-25-21-15(13)17-18(16)24-30-29-23(17)33-31(21)41-35(25)45-37-27(19)28-20(14)26(22)36(42)46-38(28)48-47(37)57-55(45)62-51(41)53-43(33)39(29)49-50-40(30)44(34(24)32)54(52)65(74)60(50)61-59(49)64(53)73(62,77)75(77)66(57)67(58(48)56(46)63)76(74,78)68(61)75/h5-8H,3-4,9-10H2,1-2H3. The molecular weight excluding hydrogens is 1060 g/mol. The van der Waals surface area contributed by atoms with E-state index in [1.165, 1.54) is 237 Å². The number of esters is 4. The van der Waals surface area contributed by atoms with Crippen molar-refractivity contribution in [3.63, 3.8) is 0 Å². The lowest BCUT2D eigenvalue weighted by Gasteiger charge is -2.35. The van der Waals surface area contributed by atoms with Gasteiger partial charge >= 0.3 is 23.9 Å². The molecular formula is C78H18O8. The first-order valence-electron chi connectivity index (χ1n) is 31.2. The van der Waals surface area contributed by atoms with Crippen LogP contribution in [0.3, 0.4) is 0 Å². The van der Waals surface area contributed by atoms with Crippen LogP contribution < -0.4 is 5.22 Å². The summed E-state index contributed by atoms with van der Waals surface area (Å²) in [7, 11) is 0. The Kier molecular flexibility index (Phi) is 3.33. The van der Waals surface area contributed by atoms with Gasteiger partial charge in [0.2, 0.25) is 0 Å². The van der Waals surface area contributed by atoms with Gasteiger partial charge in [-0.2, -0.15) is 0 Å². The van der Waals surface area contributed by atoms with Gasteiger partial charge in [-0.15, -0.1) is 0 Å². The number of rotatable bonds is 4. The van der Waals surface area contributed by atoms with Crippen molar-refractivity contribution in [2.75, 3.05) is 13.2 Å². The van der Waals surface area contributed by atoms with Gasteiger partial charge in [-0.05, 0) is 334 Å². The van der Waals surface area contributed by atoms with Gasteiger partial charge in [-0.1, -0.05) is 18.2 Å². The van der Waals surface area contributed by atoms with E-state index in [1.54, 1.807) is 0 Å². The minimum atomic E-state index is -2.04. The smallest absolute Gasteiger partial charge is 0.326 e. The van der Waals surface area contributed by atoms with Crippen LogP contribution in [0.5, 0.6) is 0 Å². The Labute approximate surface area is 470 Å². The summed E-state index contributed by atoms with van der Waals surface area (Å²) in [5, 5.41) is 64.6. The fourth-order valence-electron chi connectivity index (χ4n) is 29.8. The molecule has 6 unspecified atom stereocenters. The molecule has 26 aromatic carbocycles. The number of carbonyl (C=O) groups excluding carboxylic acids is 4. The van der Waals surface area contributed by atoms with Crippen LogP contribution in [0, 0.1) is 10.8 Å². The van der Waals surface area contributed by atoms with E-state index in [9.17, 15) is 0 Å². The SMILES string of the molecule is CCOC(=O)C12C(=O)OCc3cccc(c3)COC(=O)C3(C(=O)OCC)C45C6=c7c8c9c%10c%11c%12c%13c%14c(c4c4c%15c%16c%17c%18c(c7c7c8c8c%10c%10c%19c%11c%11c%13c%13c%14c4c4c%15c%14c%17c%15c%17c%18c7c7c8c%10c8c(c%177)c7c%15c%14c%10c4c%13c4c%11c%19c8c7c4%10)C%1635)C61C9%122. The molecule has 0 aromatic heterocycles. The molecule has 378 valence electrons. The van der Waals surface area contributed by atoms with E-state index in [4.69, 9.17) is 18.9 Å². The van der Waals surface area contributed by atoms with Crippen LogP contribution in [0.15, 0.2) is 24.3 Å². The lowest BCUT2D eigenvalue weighted by atomic mass is 9.65. The van der Waals surface area contributed by atoms with Crippen molar-refractivity contribution in [1.82, 2.24) is 0 Å². The summed E-state index contributed by atoms with van der Waals surface area (Å²) in [5.41, 5.74) is -1.28. The molecule has 1 heterocycles. The predicted molar refractivity (Wildman–Crippen MR) is 332 cm³/mol. The highest BCUT2D eigenvalue weighted by Gasteiger charge is 3.11. The Morgan fingerprint density at radius 1 is 0.337 bits per heavy atom. The van der Waals surface area contributed by atoms with E-state index < -0.39 is 56.4 Å². The maximum atomic E-state index is 17.8. The second-order valence-corrected chi connectivity index (χ2v) is 29.9. The summed E-state index contributed by atoms with van der Waals surface area (Å²) < 4.78 is 28.0. The van der Waals surface area contributed by atoms with Crippen LogP contribution in [0.1, 0.15) is 58.4 Å². The maximum absolute atomic E-state index is 17.8. The van der Waals surface area contributed by atoms with Crippen LogP contribution in [-0.4, -0.2) is 37.1 Å². The van der Waals surface area contributed by atoms with Crippen LogP contribution >= 0.6 is 0 Å². The molecule has 0 amide bonds. The molecule has 4 spiro atoms. The fraction of sp³-hybridized carbons (Fsp3) is 0.154. The second kappa shape index (κ2) is 8.14. The average Bonchev–Trinajstić information content (AvgIpc) is 1.33. The van der Waals surface area contributed by atoms with Gasteiger partial charge in [-0.25, -0.2) is 0 Å². The summed E-state index contributed by atoms with van der Waals surface area (Å²) in [6.07, 6.45) is 0. The first-order chi connectivity index (χ1) is 42.4. The molecule has 8 nitrogen and oxygen atoms in total. The zero-order chi connectivity index (χ0) is 53.3. The minimum absolute atomic E-state index is 0.0429. The Hall–Kier alpha value is -10.2. The van der Waals surface area contributed by atoms with E-state index in [0.29, 0.717) is 0 Å². The van der Waals surface area contributed by atoms with Crippen molar-refractivity contribution in [3.8, 4) is 0 Å². The van der Waals surface area contributed by atoms with Gasteiger partial charge in [0.05, 0.1) is 34.9 Å². The zero-order valence-electron chi connectivity index (χ0n) is 44.4. The molecule has 26 aromatic rings. The van der Waals surface area contributed by atoms with E-state index in [2.05, 4.69) is 0 Å². The number of benzene rings is 17. The van der Waals surface area contributed by atoms with Gasteiger partial charge in [0.15, 0.2) is 10.8 Å². The number of ether oxygens (including phenoxy) is 4. The molecule has 36 rings (SSSR count).